The number of nitrogens with two attached hydrogens (primary N) is 1. The highest BCUT2D eigenvalue weighted by Crippen LogP contribution is 2.19. The Labute approximate surface area is 330 Å². The lowest BCUT2D eigenvalue weighted by molar-refractivity contribution is -0.0100. The molecule has 0 unspecified atom stereocenters. The number of hydrogen-bond donors (Lipinski definition) is 1. The predicted molar refractivity (Wildman–Crippen MR) is 235 cm³/mol. The lowest BCUT2D eigenvalue weighted by atomic mass is 9.93. The van der Waals surface area contributed by atoms with Crippen molar-refractivity contribution in [2.75, 3.05) is 33.0 Å². The summed E-state index contributed by atoms with van der Waals surface area (Å²) in [4.78, 5) is 0. The normalized spacial score (nSPS) is 12.0. The van der Waals surface area contributed by atoms with Crippen molar-refractivity contribution in [1.82, 2.24) is 0 Å². The molecular weight excluding hydrogens is 635 g/mol. The van der Waals surface area contributed by atoms with Crippen LogP contribution in [0.3, 0.4) is 0 Å². The van der Waals surface area contributed by atoms with Crippen LogP contribution in [0.2, 0.25) is 0 Å². The summed E-state index contributed by atoms with van der Waals surface area (Å²) in [6.45, 7) is 10.6. The van der Waals surface area contributed by atoms with E-state index in [9.17, 15) is 0 Å². The minimum atomic E-state index is -0.0545. The van der Waals surface area contributed by atoms with Crippen LogP contribution in [0.15, 0.2) is 0 Å². The summed E-state index contributed by atoms with van der Waals surface area (Å²) in [5.74, 6) is 0. The first-order valence-electron chi connectivity index (χ1n) is 24.5. The van der Waals surface area contributed by atoms with E-state index in [1.165, 1.54) is 257 Å². The summed E-state index contributed by atoms with van der Waals surface area (Å²) in [7, 11) is 0. The molecule has 0 atom stereocenters. The zero-order valence-corrected chi connectivity index (χ0v) is 36.7. The molecule has 0 aliphatic rings. The van der Waals surface area contributed by atoms with Crippen molar-refractivity contribution in [3.05, 3.63) is 0 Å². The summed E-state index contributed by atoms with van der Waals surface area (Å²) < 4.78 is 12.1. The molecule has 52 heavy (non-hydrogen) atoms. The van der Waals surface area contributed by atoms with Crippen molar-refractivity contribution in [3.8, 4) is 0 Å². The van der Waals surface area contributed by atoms with Gasteiger partial charge in [0, 0.05) is 25.2 Å². The van der Waals surface area contributed by atoms with Gasteiger partial charge in [0.25, 0.3) is 0 Å². The van der Waals surface area contributed by atoms with E-state index in [1.807, 2.05) is 0 Å². The Hall–Kier alpha value is -0.120. The summed E-state index contributed by atoms with van der Waals surface area (Å²) >= 11 is 0. The molecule has 0 amide bonds. The van der Waals surface area contributed by atoms with E-state index in [-0.39, 0.29) is 5.41 Å². The van der Waals surface area contributed by atoms with Gasteiger partial charge >= 0.3 is 0 Å². The first-order chi connectivity index (χ1) is 25.7. The Balaban J connectivity index is 3.33. The van der Waals surface area contributed by atoms with Gasteiger partial charge in [0.15, 0.2) is 0 Å². The van der Waals surface area contributed by atoms with Crippen molar-refractivity contribution < 1.29 is 9.47 Å². The standard InChI is InChI=1S/C49H101NO2/c1-4-6-8-10-12-14-16-18-20-22-24-26-28-30-32-34-36-38-40-42-44-51-47-49(3,46-50)48-52-45-43-41-39-37-35-33-31-29-27-25-23-21-19-17-15-13-11-9-7-5-2/h4-48,50H2,1-3H3. The molecule has 0 aromatic heterocycles. The van der Waals surface area contributed by atoms with Crippen LogP contribution in [0.5, 0.6) is 0 Å². The van der Waals surface area contributed by atoms with Crippen molar-refractivity contribution >= 4 is 0 Å². The molecule has 3 heteroatoms. The third-order valence-electron chi connectivity index (χ3n) is 11.7. The molecule has 314 valence electrons. The van der Waals surface area contributed by atoms with E-state index in [0.717, 1.165) is 26.4 Å². The molecule has 0 heterocycles. The van der Waals surface area contributed by atoms with Crippen LogP contribution < -0.4 is 5.73 Å². The van der Waals surface area contributed by atoms with Gasteiger partial charge in [-0.1, -0.05) is 265 Å². The van der Waals surface area contributed by atoms with Gasteiger partial charge in [0.05, 0.1) is 13.2 Å². The van der Waals surface area contributed by atoms with Crippen LogP contribution in [0.4, 0.5) is 0 Å². The monoisotopic (exact) mass is 736 g/mol. The fraction of sp³-hybridized carbons (Fsp3) is 1.00. The van der Waals surface area contributed by atoms with E-state index in [4.69, 9.17) is 15.2 Å². The van der Waals surface area contributed by atoms with Crippen LogP contribution >= 0.6 is 0 Å². The molecule has 0 rings (SSSR count). The molecule has 0 aromatic carbocycles. The second-order valence-electron chi connectivity index (χ2n) is 17.6. The Morgan fingerprint density at radius 2 is 0.462 bits per heavy atom. The van der Waals surface area contributed by atoms with Gasteiger partial charge in [-0.25, -0.2) is 0 Å². The van der Waals surface area contributed by atoms with Crippen molar-refractivity contribution in [2.45, 2.75) is 278 Å². The molecule has 0 spiro atoms. The second-order valence-corrected chi connectivity index (χ2v) is 17.6. The third kappa shape index (κ3) is 42.6. The van der Waals surface area contributed by atoms with Gasteiger partial charge in [-0.05, 0) is 12.8 Å². The smallest absolute Gasteiger partial charge is 0.0553 e. The second kappa shape index (κ2) is 45.3. The zero-order chi connectivity index (χ0) is 37.7. The summed E-state index contributed by atoms with van der Waals surface area (Å²) in [6.07, 6.45) is 56.9. The topological polar surface area (TPSA) is 44.5 Å². The largest absolute Gasteiger partial charge is 0.381 e. The molecule has 2 N–H and O–H groups in total. The van der Waals surface area contributed by atoms with Gasteiger partial charge in [-0.2, -0.15) is 0 Å². The van der Waals surface area contributed by atoms with Gasteiger partial charge in [0.2, 0.25) is 0 Å². The lowest BCUT2D eigenvalue weighted by Crippen LogP contribution is -2.37. The van der Waals surface area contributed by atoms with Crippen LogP contribution in [0.1, 0.15) is 278 Å². The van der Waals surface area contributed by atoms with Crippen molar-refractivity contribution in [2.24, 2.45) is 11.1 Å². The highest BCUT2D eigenvalue weighted by Gasteiger charge is 2.23. The highest BCUT2D eigenvalue weighted by molar-refractivity contribution is 4.74. The molecule has 0 saturated heterocycles. The quantitative estimate of drug-likeness (QED) is 0.0633. The Bertz CT molecular complexity index is 576. The molecular formula is C49H101NO2. The Kier molecular flexibility index (Phi) is 45.2. The number of unbranched alkanes of at least 4 members (excludes halogenated alkanes) is 38. The van der Waals surface area contributed by atoms with Crippen LogP contribution in [0.25, 0.3) is 0 Å². The van der Waals surface area contributed by atoms with E-state index >= 15 is 0 Å². The number of ether oxygens (including phenoxy) is 2. The molecule has 0 aromatic rings. The zero-order valence-electron chi connectivity index (χ0n) is 36.7. The molecule has 0 radical (unpaired) electrons. The van der Waals surface area contributed by atoms with E-state index in [0.29, 0.717) is 6.54 Å². The van der Waals surface area contributed by atoms with Gasteiger partial charge in [0.1, 0.15) is 0 Å². The van der Waals surface area contributed by atoms with Gasteiger partial charge in [-0.3, -0.25) is 0 Å². The SMILES string of the molecule is CCCCCCCCCCCCCCCCCCCCCCOCC(C)(CN)COCCCCCCCCCCCCCCCCCCCCCC. The van der Waals surface area contributed by atoms with Crippen LogP contribution in [-0.2, 0) is 9.47 Å². The minimum absolute atomic E-state index is 0.0545. The third-order valence-corrected chi connectivity index (χ3v) is 11.7. The summed E-state index contributed by atoms with van der Waals surface area (Å²) in [6, 6.07) is 0. The Morgan fingerprint density at radius 3 is 0.635 bits per heavy atom. The molecule has 3 nitrogen and oxygen atoms in total. The fourth-order valence-electron chi connectivity index (χ4n) is 7.72. The van der Waals surface area contributed by atoms with E-state index in [1.54, 1.807) is 0 Å². The highest BCUT2D eigenvalue weighted by atomic mass is 16.5. The molecule has 0 aliphatic heterocycles. The van der Waals surface area contributed by atoms with Crippen molar-refractivity contribution in [3.63, 3.8) is 0 Å². The maximum absolute atomic E-state index is 6.13. The first kappa shape index (κ1) is 51.9. The maximum atomic E-state index is 6.13. The Morgan fingerprint density at radius 1 is 0.288 bits per heavy atom. The van der Waals surface area contributed by atoms with Crippen molar-refractivity contribution in [1.29, 1.82) is 0 Å². The summed E-state index contributed by atoms with van der Waals surface area (Å²) in [5.41, 5.74) is 6.08. The van der Waals surface area contributed by atoms with E-state index < -0.39 is 0 Å². The number of rotatable bonds is 47. The minimum Gasteiger partial charge on any atom is -0.381 e. The van der Waals surface area contributed by atoms with Crippen LogP contribution in [-0.4, -0.2) is 33.0 Å². The molecule has 0 fully saturated rings. The first-order valence-corrected chi connectivity index (χ1v) is 24.5. The molecule has 0 saturated carbocycles. The average Bonchev–Trinajstić information content (AvgIpc) is 3.15. The maximum Gasteiger partial charge on any atom is 0.0553 e. The predicted octanol–water partition coefficient (Wildman–Crippen LogP) is 16.6. The van der Waals surface area contributed by atoms with Gasteiger partial charge in [-0.15, -0.1) is 0 Å². The molecule has 0 aliphatic carbocycles. The lowest BCUT2D eigenvalue weighted by Gasteiger charge is -2.27. The molecule has 0 bridgehead atoms. The number of hydrogen-bond acceptors (Lipinski definition) is 3. The van der Waals surface area contributed by atoms with Crippen LogP contribution in [0, 0.1) is 5.41 Å². The fourth-order valence-corrected chi connectivity index (χ4v) is 7.72. The average molecular weight is 736 g/mol. The van der Waals surface area contributed by atoms with Gasteiger partial charge < -0.3 is 15.2 Å². The van der Waals surface area contributed by atoms with E-state index in [2.05, 4.69) is 20.8 Å². The summed E-state index contributed by atoms with van der Waals surface area (Å²) in [5, 5.41) is 0.